The Morgan fingerprint density at radius 1 is 1.15 bits per heavy atom. The Morgan fingerprint density at radius 2 is 1.81 bits per heavy atom. The maximum Gasteiger partial charge on any atom is 0.327 e. The lowest BCUT2D eigenvalue weighted by atomic mass is 10.1. The molecule has 1 aliphatic rings. The van der Waals surface area contributed by atoms with Gasteiger partial charge < -0.3 is 10.4 Å². The van der Waals surface area contributed by atoms with Crippen molar-refractivity contribution in [2.75, 3.05) is 18.1 Å². The first-order chi connectivity index (χ1) is 12.9. The molecule has 0 aromatic rings. The minimum Gasteiger partial charge on any atom is -0.480 e. The number of rotatable bonds is 12. The molecule has 0 radical (unpaired) electrons. The van der Waals surface area contributed by atoms with E-state index in [1.807, 2.05) is 0 Å². The van der Waals surface area contributed by atoms with Crippen LogP contribution in [0.5, 0.6) is 0 Å². The third-order valence-corrected chi connectivity index (χ3v) is 5.44. The van der Waals surface area contributed by atoms with Crippen molar-refractivity contribution >= 4 is 23.6 Å². The largest absolute Gasteiger partial charge is 0.480 e. The highest BCUT2D eigenvalue weighted by atomic mass is 32.2. The number of aliphatic imine (C=N–C) groups is 1. The number of carbonyl (C=O) groups is 1. The minimum absolute atomic E-state index is 0.549. The molecule has 0 aromatic carbocycles. The van der Waals surface area contributed by atoms with Gasteiger partial charge in [-0.2, -0.15) is 11.8 Å². The van der Waals surface area contributed by atoms with Crippen molar-refractivity contribution in [2.45, 2.75) is 72.3 Å². The van der Waals surface area contributed by atoms with Crippen LogP contribution in [0.15, 0.2) is 39.9 Å². The van der Waals surface area contributed by atoms with Gasteiger partial charge in [0.25, 0.3) is 0 Å². The highest BCUT2D eigenvalue weighted by Crippen LogP contribution is 2.13. The van der Waals surface area contributed by atoms with Crippen molar-refractivity contribution < 1.29 is 9.90 Å². The molecule has 5 heteroatoms. The maximum absolute atomic E-state index is 11.4. The fourth-order valence-electron chi connectivity index (χ4n) is 2.76. The van der Waals surface area contributed by atoms with Crippen molar-refractivity contribution in [1.82, 2.24) is 5.32 Å². The van der Waals surface area contributed by atoms with E-state index in [2.05, 4.69) is 56.2 Å². The predicted octanol–water partition coefficient (Wildman–Crippen LogP) is 5.37. The molecule has 152 valence electrons. The molecule has 0 aromatic heterocycles. The Labute approximate surface area is 169 Å². The molecule has 0 amide bonds. The molecule has 2 N–H and O–H groups in total. The van der Waals surface area contributed by atoms with Crippen LogP contribution in [0.3, 0.4) is 0 Å². The van der Waals surface area contributed by atoms with E-state index in [4.69, 9.17) is 0 Å². The summed E-state index contributed by atoms with van der Waals surface area (Å²) in [5.74, 6) is 1.46. The summed E-state index contributed by atoms with van der Waals surface area (Å²) in [6.45, 7) is 9.47. The van der Waals surface area contributed by atoms with Crippen LogP contribution in [0.25, 0.3) is 0 Å². The second kappa shape index (κ2) is 13.6. The SMILES string of the molecule is CC(C)=CCC/C(C)=C/CC/C(C)=C/CSCC(NC1=NCCC1)C(=O)O. The second-order valence-electron chi connectivity index (χ2n) is 7.46. The van der Waals surface area contributed by atoms with Gasteiger partial charge in [-0.15, -0.1) is 0 Å². The van der Waals surface area contributed by atoms with Crippen molar-refractivity contribution in [2.24, 2.45) is 4.99 Å². The molecule has 1 aliphatic heterocycles. The van der Waals surface area contributed by atoms with Crippen LogP contribution in [-0.2, 0) is 4.79 Å². The lowest BCUT2D eigenvalue weighted by Crippen LogP contribution is -2.42. The van der Waals surface area contributed by atoms with Crippen LogP contribution < -0.4 is 5.32 Å². The number of carboxylic acid groups (broad SMARTS) is 1. The zero-order valence-corrected chi connectivity index (χ0v) is 18.2. The van der Waals surface area contributed by atoms with E-state index < -0.39 is 12.0 Å². The van der Waals surface area contributed by atoms with Crippen molar-refractivity contribution in [3.8, 4) is 0 Å². The van der Waals surface area contributed by atoms with Gasteiger partial charge in [0.2, 0.25) is 0 Å². The molecule has 27 heavy (non-hydrogen) atoms. The zero-order chi connectivity index (χ0) is 20.1. The summed E-state index contributed by atoms with van der Waals surface area (Å²) in [5, 5.41) is 12.4. The number of nitrogens with one attached hydrogen (secondary N) is 1. The molecule has 0 saturated carbocycles. The summed E-state index contributed by atoms with van der Waals surface area (Å²) in [6.07, 6.45) is 13.2. The molecule has 0 fully saturated rings. The van der Waals surface area contributed by atoms with Crippen LogP contribution in [0.2, 0.25) is 0 Å². The normalized spacial score (nSPS) is 16.1. The molecular weight excluding hydrogens is 356 g/mol. The maximum atomic E-state index is 11.4. The van der Waals surface area contributed by atoms with Gasteiger partial charge in [-0.1, -0.05) is 34.9 Å². The van der Waals surface area contributed by atoms with E-state index in [1.165, 1.54) is 16.7 Å². The zero-order valence-electron chi connectivity index (χ0n) is 17.4. The van der Waals surface area contributed by atoms with Crippen LogP contribution in [0.4, 0.5) is 0 Å². The highest BCUT2D eigenvalue weighted by molar-refractivity contribution is 7.99. The number of hydrogen-bond donors (Lipinski definition) is 2. The molecular formula is C22H36N2O2S. The standard InChI is InChI=1S/C22H36N2O2S/c1-17(2)8-5-9-18(3)10-6-11-19(4)13-15-27-16-20(22(25)26)24-21-12-7-14-23-21/h8,10,13,20H,5-7,9,11-12,14-16H2,1-4H3,(H,23,24)(H,25,26)/b18-10+,19-13+. The minimum atomic E-state index is -0.800. The predicted molar refractivity (Wildman–Crippen MR) is 119 cm³/mol. The molecule has 0 bridgehead atoms. The Hall–Kier alpha value is -1.49. The smallest absolute Gasteiger partial charge is 0.327 e. The number of amidine groups is 1. The number of thioether (sulfide) groups is 1. The highest BCUT2D eigenvalue weighted by Gasteiger charge is 2.19. The number of allylic oxidation sites excluding steroid dienone is 5. The van der Waals surface area contributed by atoms with E-state index in [-0.39, 0.29) is 0 Å². The summed E-state index contributed by atoms with van der Waals surface area (Å²) >= 11 is 1.66. The van der Waals surface area contributed by atoms with Gasteiger partial charge in [-0.05, 0) is 59.8 Å². The van der Waals surface area contributed by atoms with Gasteiger partial charge >= 0.3 is 5.97 Å². The molecule has 1 atom stereocenters. The van der Waals surface area contributed by atoms with Crippen molar-refractivity contribution in [1.29, 1.82) is 0 Å². The Bertz CT molecular complexity index is 587. The van der Waals surface area contributed by atoms with Crippen LogP contribution >= 0.6 is 11.8 Å². The Balaban J connectivity index is 2.24. The summed E-state index contributed by atoms with van der Waals surface area (Å²) in [4.78, 5) is 15.7. The fraction of sp³-hybridized carbons (Fsp3) is 0.636. The monoisotopic (exact) mass is 392 g/mol. The first-order valence-electron chi connectivity index (χ1n) is 9.93. The molecule has 1 unspecified atom stereocenters. The van der Waals surface area contributed by atoms with Crippen LogP contribution in [-0.4, -0.2) is 41.0 Å². The van der Waals surface area contributed by atoms with Gasteiger partial charge in [0, 0.05) is 24.5 Å². The van der Waals surface area contributed by atoms with E-state index in [0.29, 0.717) is 5.75 Å². The first kappa shape index (κ1) is 23.5. The Morgan fingerprint density at radius 3 is 2.41 bits per heavy atom. The van der Waals surface area contributed by atoms with E-state index in [0.717, 1.165) is 56.7 Å². The van der Waals surface area contributed by atoms with E-state index in [9.17, 15) is 9.90 Å². The molecule has 0 saturated heterocycles. The lowest BCUT2D eigenvalue weighted by molar-refractivity contribution is -0.138. The van der Waals surface area contributed by atoms with Crippen LogP contribution in [0.1, 0.15) is 66.2 Å². The van der Waals surface area contributed by atoms with Crippen LogP contribution in [0, 0.1) is 0 Å². The average molecular weight is 393 g/mol. The number of carboxylic acids is 1. The van der Waals surface area contributed by atoms with Crippen molar-refractivity contribution in [3.05, 3.63) is 34.9 Å². The second-order valence-corrected chi connectivity index (χ2v) is 8.54. The molecule has 1 rings (SSSR count). The summed E-state index contributed by atoms with van der Waals surface area (Å²) < 4.78 is 0. The van der Waals surface area contributed by atoms with Gasteiger partial charge in [-0.25, -0.2) is 4.79 Å². The quantitative estimate of drug-likeness (QED) is 0.346. The summed E-state index contributed by atoms with van der Waals surface area (Å²) in [5.41, 5.74) is 4.21. The average Bonchev–Trinajstić information content (AvgIpc) is 3.10. The number of hydrogen-bond acceptors (Lipinski definition) is 4. The topological polar surface area (TPSA) is 61.7 Å². The first-order valence-corrected chi connectivity index (χ1v) is 11.1. The van der Waals surface area contributed by atoms with E-state index in [1.54, 1.807) is 11.8 Å². The third-order valence-electron chi connectivity index (χ3n) is 4.47. The summed E-state index contributed by atoms with van der Waals surface area (Å²) in [7, 11) is 0. The van der Waals surface area contributed by atoms with Gasteiger partial charge in [0.1, 0.15) is 6.04 Å². The van der Waals surface area contributed by atoms with Gasteiger partial charge in [0.05, 0.1) is 5.84 Å². The number of nitrogens with zero attached hydrogens (tertiary/aromatic N) is 1. The third kappa shape index (κ3) is 11.8. The fourth-order valence-corrected chi connectivity index (χ4v) is 3.76. The van der Waals surface area contributed by atoms with Gasteiger partial charge in [0.15, 0.2) is 0 Å². The number of aliphatic carboxylic acids is 1. The molecule has 1 heterocycles. The van der Waals surface area contributed by atoms with E-state index >= 15 is 0 Å². The van der Waals surface area contributed by atoms with Gasteiger partial charge in [-0.3, -0.25) is 4.99 Å². The lowest BCUT2D eigenvalue weighted by Gasteiger charge is -2.14. The molecule has 0 spiro atoms. The van der Waals surface area contributed by atoms with Crippen molar-refractivity contribution in [3.63, 3.8) is 0 Å². The molecule has 4 nitrogen and oxygen atoms in total. The summed E-state index contributed by atoms with van der Waals surface area (Å²) in [6, 6.07) is -0.549. The molecule has 0 aliphatic carbocycles. The Kier molecular flexibility index (Phi) is 11.9.